The van der Waals surface area contributed by atoms with Crippen molar-refractivity contribution in [1.29, 1.82) is 0 Å². The predicted molar refractivity (Wildman–Crippen MR) is 81.4 cm³/mol. The van der Waals surface area contributed by atoms with Crippen molar-refractivity contribution in [3.05, 3.63) is 29.3 Å². The first-order valence-corrected chi connectivity index (χ1v) is 8.05. The fourth-order valence-corrected chi connectivity index (χ4v) is 3.74. The van der Waals surface area contributed by atoms with Crippen LogP contribution in [0.1, 0.15) is 48.0 Å². The minimum absolute atomic E-state index is 0.229. The van der Waals surface area contributed by atoms with E-state index in [1.54, 1.807) is 7.11 Å². The number of ether oxygens (including phenoxy) is 1. The van der Waals surface area contributed by atoms with Gasteiger partial charge in [-0.05, 0) is 37.5 Å². The van der Waals surface area contributed by atoms with Crippen LogP contribution in [0, 0.1) is 6.92 Å². The number of carbonyl (C=O) groups is 1. The molecule has 0 heterocycles. The summed E-state index contributed by atoms with van der Waals surface area (Å²) in [5, 5.41) is 0.684. The highest BCUT2D eigenvalue weighted by molar-refractivity contribution is 8.00. The maximum absolute atomic E-state index is 12.3. The van der Waals surface area contributed by atoms with Gasteiger partial charge < -0.3 is 4.74 Å². The summed E-state index contributed by atoms with van der Waals surface area (Å²) in [6, 6.07) is 5.72. The molecule has 2 nitrogen and oxygen atoms in total. The van der Waals surface area contributed by atoms with Crippen molar-refractivity contribution in [2.45, 2.75) is 44.3 Å². The number of rotatable bonds is 5. The van der Waals surface area contributed by atoms with Crippen LogP contribution in [0.3, 0.4) is 0 Å². The van der Waals surface area contributed by atoms with E-state index in [0.717, 1.165) is 16.9 Å². The van der Waals surface area contributed by atoms with Crippen LogP contribution < -0.4 is 4.74 Å². The van der Waals surface area contributed by atoms with Crippen LogP contribution in [0.2, 0.25) is 0 Å². The first-order chi connectivity index (χ1) is 9.20. The van der Waals surface area contributed by atoms with Gasteiger partial charge in [0.1, 0.15) is 5.75 Å². The monoisotopic (exact) mass is 278 g/mol. The van der Waals surface area contributed by atoms with E-state index in [2.05, 4.69) is 0 Å². The summed E-state index contributed by atoms with van der Waals surface area (Å²) in [4.78, 5) is 12.3. The fourth-order valence-electron chi connectivity index (χ4n) is 2.53. The molecule has 3 heteroatoms. The van der Waals surface area contributed by atoms with Crippen molar-refractivity contribution in [1.82, 2.24) is 0 Å². The molecule has 0 aromatic heterocycles. The first-order valence-electron chi connectivity index (χ1n) is 7.00. The Morgan fingerprint density at radius 2 is 2.05 bits per heavy atom. The molecule has 0 amide bonds. The van der Waals surface area contributed by atoms with Gasteiger partial charge in [-0.3, -0.25) is 4.79 Å². The number of thioether (sulfide) groups is 1. The molecule has 19 heavy (non-hydrogen) atoms. The second-order valence-electron chi connectivity index (χ2n) is 5.18. The molecule has 1 aromatic carbocycles. The molecule has 1 fully saturated rings. The van der Waals surface area contributed by atoms with Gasteiger partial charge in [-0.2, -0.15) is 11.8 Å². The smallest absolute Gasteiger partial charge is 0.173 e. The molecular weight excluding hydrogens is 256 g/mol. The maximum atomic E-state index is 12.3. The van der Waals surface area contributed by atoms with Crippen LogP contribution in [0.15, 0.2) is 18.2 Å². The minimum atomic E-state index is 0.229. The lowest BCUT2D eigenvalue weighted by Crippen LogP contribution is -2.13. The van der Waals surface area contributed by atoms with Gasteiger partial charge in [0.2, 0.25) is 0 Å². The lowest BCUT2D eigenvalue weighted by Gasteiger charge is -2.20. The minimum Gasteiger partial charge on any atom is -0.497 e. The van der Waals surface area contributed by atoms with Crippen LogP contribution in [0.4, 0.5) is 0 Å². The average molecular weight is 278 g/mol. The van der Waals surface area contributed by atoms with Crippen molar-refractivity contribution in [3.8, 4) is 5.75 Å². The number of hydrogen-bond donors (Lipinski definition) is 0. The van der Waals surface area contributed by atoms with E-state index in [9.17, 15) is 4.79 Å². The number of aryl methyl sites for hydroxylation is 1. The van der Waals surface area contributed by atoms with Crippen molar-refractivity contribution in [2.24, 2.45) is 0 Å². The van der Waals surface area contributed by atoms with E-state index in [1.165, 1.54) is 32.1 Å². The van der Waals surface area contributed by atoms with Crippen LogP contribution >= 0.6 is 11.8 Å². The molecule has 0 saturated heterocycles. The van der Waals surface area contributed by atoms with Crippen molar-refractivity contribution < 1.29 is 9.53 Å². The Labute approximate surface area is 119 Å². The zero-order valence-electron chi connectivity index (χ0n) is 11.8. The molecule has 2 rings (SSSR count). The largest absolute Gasteiger partial charge is 0.497 e. The summed E-state index contributed by atoms with van der Waals surface area (Å²) < 4.78 is 5.20. The molecule has 1 saturated carbocycles. The molecule has 0 bridgehead atoms. The Balaban J connectivity index is 1.95. The number of carbonyl (C=O) groups excluding carboxylic acids is 1. The molecule has 1 aromatic rings. The van der Waals surface area contributed by atoms with Gasteiger partial charge in [-0.25, -0.2) is 0 Å². The third kappa shape index (κ3) is 4.00. The molecule has 0 unspecified atom stereocenters. The zero-order chi connectivity index (χ0) is 13.7. The molecule has 0 spiro atoms. The quantitative estimate of drug-likeness (QED) is 0.753. The van der Waals surface area contributed by atoms with E-state index < -0.39 is 0 Å². The highest BCUT2D eigenvalue weighted by Gasteiger charge is 2.17. The Morgan fingerprint density at radius 1 is 1.32 bits per heavy atom. The van der Waals surface area contributed by atoms with E-state index in [4.69, 9.17) is 4.74 Å². The predicted octanol–water partition coefficient (Wildman–Crippen LogP) is 4.25. The molecule has 1 aliphatic rings. The number of hydrogen-bond acceptors (Lipinski definition) is 3. The topological polar surface area (TPSA) is 26.3 Å². The van der Waals surface area contributed by atoms with Crippen LogP contribution in [-0.4, -0.2) is 23.9 Å². The third-order valence-electron chi connectivity index (χ3n) is 3.75. The van der Waals surface area contributed by atoms with E-state index >= 15 is 0 Å². The van der Waals surface area contributed by atoms with E-state index in [-0.39, 0.29) is 5.78 Å². The summed E-state index contributed by atoms with van der Waals surface area (Å²) in [5.74, 6) is 1.59. The van der Waals surface area contributed by atoms with Gasteiger partial charge in [0, 0.05) is 10.8 Å². The van der Waals surface area contributed by atoms with Gasteiger partial charge in [-0.15, -0.1) is 0 Å². The van der Waals surface area contributed by atoms with Gasteiger partial charge in [0.25, 0.3) is 0 Å². The lowest BCUT2D eigenvalue weighted by molar-refractivity contribution is 0.102. The second kappa shape index (κ2) is 6.99. The number of Topliss-reactive ketones (excluding diaryl/α,β-unsaturated/α-hetero) is 1. The molecule has 0 N–H and O–H groups in total. The fraction of sp³-hybridized carbons (Fsp3) is 0.562. The normalized spacial score (nSPS) is 16.3. The highest BCUT2D eigenvalue weighted by atomic mass is 32.2. The van der Waals surface area contributed by atoms with Gasteiger partial charge in [0.15, 0.2) is 5.78 Å². The Kier molecular flexibility index (Phi) is 5.32. The Bertz CT molecular complexity index is 436. The average Bonchev–Trinajstić information content (AvgIpc) is 2.46. The van der Waals surface area contributed by atoms with Crippen molar-refractivity contribution in [3.63, 3.8) is 0 Å². The van der Waals surface area contributed by atoms with E-state index in [1.807, 2.05) is 36.9 Å². The zero-order valence-corrected chi connectivity index (χ0v) is 12.6. The molecule has 104 valence electrons. The van der Waals surface area contributed by atoms with E-state index in [0.29, 0.717) is 11.0 Å². The van der Waals surface area contributed by atoms with Crippen LogP contribution in [0.25, 0.3) is 0 Å². The van der Waals surface area contributed by atoms with Crippen molar-refractivity contribution >= 4 is 17.5 Å². The number of methoxy groups -OCH3 is 1. The first kappa shape index (κ1) is 14.4. The lowest BCUT2D eigenvalue weighted by atomic mass is 10.0. The SMILES string of the molecule is COc1ccc(C)c(C(=O)CSC2CCCCC2)c1. The van der Waals surface area contributed by atoms with Crippen molar-refractivity contribution in [2.75, 3.05) is 12.9 Å². The molecule has 1 aliphatic carbocycles. The molecule has 0 radical (unpaired) electrons. The maximum Gasteiger partial charge on any atom is 0.173 e. The molecule has 0 aliphatic heterocycles. The van der Waals surface area contributed by atoms with Crippen LogP contribution in [-0.2, 0) is 0 Å². The Morgan fingerprint density at radius 3 is 2.74 bits per heavy atom. The summed E-state index contributed by atoms with van der Waals surface area (Å²) in [6.45, 7) is 1.98. The standard InChI is InChI=1S/C16H22O2S/c1-12-8-9-13(18-2)10-15(12)16(17)11-19-14-6-4-3-5-7-14/h8-10,14H,3-7,11H2,1-2H3. The number of ketones is 1. The third-order valence-corrected chi connectivity index (χ3v) is 5.12. The highest BCUT2D eigenvalue weighted by Crippen LogP contribution is 2.29. The summed E-state index contributed by atoms with van der Waals surface area (Å²) >= 11 is 1.83. The summed E-state index contributed by atoms with van der Waals surface area (Å²) in [7, 11) is 1.63. The van der Waals surface area contributed by atoms with Gasteiger partial charge >= 0.3 is 0 Å². The molecule has 0 atom stereocenters. The summed E-state index contributed by atoms with van der Waals surface area (Å²) in [6.07, 6.45) is 6.55. The second-order valence-corrected chi connectivity index (χ2v) is 6.46. The van der Waals surface area contributed by atoms with Gasteiger partial charge in [0.05, 0.1) is 12.9 Å². The Hall–Kier alpha value is -0.960. The van der Waals surface area contributed by atoms with Crippen LogP contribution in [0.5, 0.6) is 5.75 Å². The molecular formula is C16H22O2S. The number of benzene rings is 1. The summed E-state index contributed by atoms with van der Waals surface area (Å²) in [5.41, 5.74) is 1.85. The van der Waals surface area contributed by atoms with Gasteiger partial charge in [-0.1, -0.05) is 25.3 Å².